The quantitative estimate of drug-likeness (QED) is 0.614. The van der Waals surface area contributed by atoms with Crippen LogP contribution in [0, 0.1) is 0 Å². The number of aldehydes is 1. The molecule has 0 fully saturated rings. The van der Waals surface area contributed by atoms with Crippen molar-refractivity contribution in [3.8, 4) is 5.75 Å². The van der Waals surface area contributed by atoms with Crippen LogP contribution in [0.1, 0.15) is 9.67 Å². The minimum absolute atomic E-state index is 0.0238. The van der Waals surface area contributed by atoms with E-state index in [9.17, 15) is 13.2 Å². The molecule has 0 N–H and O–H groups in total. The first-order valence-electron chi connectivity index (χ1n) is 4.48. The van der Waals surface area contributed by atoms with Gasteiger partial charge in [0.25, 0.3) is 0 Å². The molecule has 0 bridgehead atoms. The van der Waals surface area contributed by atoms with Crippen molar-refractivity contribution in [2.75, 3.05) is 0 Å². The number of thiophene rings is 1. The van der Waals surface area contributed by atoms with Crippen molar-refractivity contribution in [3.63, 3.8) is 0 Å². The number of hydrogen-bond acceptors (Lipinski definition) is 6. The van der Waals surface area contributed by atoms with Gasteiger partial charge in [-0.1, -0.05) is 0 Å². The van der Waals surface area contributed by atoms with Gasteiger partial charge in [-0.3, -0.25) is 4.79 Å². The second-order valence-electron chi connectivity index (χ2n) is 3.18. The van der Waals surface area contributed by atoms with E-state index in [1.54, 1.807) is 12.4 Å². The molecule has 6 nitrogen and oxygen atoms in total. The van der Waals surface area contributed by atoms with Crippen LogP contribution < -0.4 is 4.18 Å². The van der Waals surface area contributed by atoms with Crippen LogP contribution in [0.15, 0.2) is 29.0 Å². The molecule has 2 aromatic heterocycles. The third-order valence-corrected chi connectivity index (χ3v) is 3.85. The van der Waals surface area contributed by atoms with Gasteiger partial charge >= 0.3 is 10.1 Å². The number of hydrogen-bond donors (Lipinski definition) is 0. The molecule has 0 aliphatic heterocycles. The fraction of sp³-hybridized carbons (Fsp3) is 0.111. The Morgan fingerprint density at radius 3 is 2.88 bits per heavy atom. The molecule has 0 unspecified atom stereocenters. The number of carbonyl (C=O) groups excluding carboxylic acids is 1. The van der Waals surface area contributed by atoms with Gasteiger partial charge in [0.15, 0.2) is 12.0 Å². The van der Waals surface area contributed by atoms with E-state index in [1.165, 1.54) is 23.2 Å². The van der Waals surface area contributed by atoms with Gasteiger partial charge in [0, 0.05) is 13.2 Å². The van der Waals surface area contributed by atoms with Crippen molar-refractivity contribution in [1.29, 1.82) is 0 Å². The van der Waals surface area contributed by atoms with Gasteiger partial charge in [0.2, 0.25) is 5.03 Å². The van der Waals surface area contributed by atoms with Crippen LogP contribution in [0.25, 0.3) is 0 Å². The zero-order chi connectivity index (χ0) is 12.5. The van der Waals surface area contributed by atoms with Gasteiger partial charge < -0.3 is 8.75 Å². The lowest BCUT2D eigenvalue weighted by Gasteiger charge is -2.02. The van der Waals surface area contributed by atoms with E-state index in [1.807, 2.05) is 0 Å². The topological polar surface area (TPSA) is 78.3 Å². The van der Waals surface area contributed by atoms with E-state index >= 15 is 0 Å². The normalized spacial score (nSPS) is 11.4. The van der Waals surface area contributed by atoms with Crippen molar-refractivity contribution in [3.05, 3.63) is 28.8 Å². The maximum absolute atomic E-state index is 11.8. The highest BCUT2D eigenvalue weighted by atomic mass is 32.2. The first-order chi connectivity index (χ1) is 8.03. The van der Waals surface area contributed by atoms with E-state index in [4.69, 9.17) is 4.18 Å². The summed E-state index contributed by atoms with van der Waals surface area (Å²) >= 11 is 1.11. The fourth-order valence-electron chi connectivity index (χ4n) is 1.14. The molecule has 2 aromatic rings. The molecule has 0 aliphatic rings. The second-order valence-corrected chi connectivity index (χ2v) is 5.62. The predicted octanol–water partition coefficient (Wildman–Crippen LogP) is 1.06. The SMILES string of the molecule is Cn1cnc(S(=O)(=O)Oc2ccsc2C=O)c1. The van der Waals surface area contributed by atoms with Crippen LogP contribution in [0.2, 0.25) is 0 Å². The fourth-order valence-corrected chi connectivity index (χ4v) is 2.75. The Kier molecular flexibility index (Phi) is 2.99. The molecule has 0 aromatic carbocycles. The van der Waals surface area contributed by atoms with Crippen LogP contribution in [-0.4, -0.2) is 24.3 Å². The number of nitrogens with zero attached hydrogens (tertiary/aromatic N) is 2. The molecule has 0 saturated heterocycles. The van der Waals surface area contributed by atoms with Crippen molar-refractivity contribution >= 4 is 27.7 Å². The van der Waals surface area contributed by atoms with Gasteiger partial charge in [-0.2, -0.15) is 8.42 Å². The standard InChI is InChI=1S/C9H8N2O4S2/c1-11-4-9(10-6-11)17(13,14)15-7-2-3-16-8(7)5-12/h2-6H,1H3. The smallest absolute Gasteiger partial charge is 0.358 e. The number of aromatic nitrogens is 2. The zero-order valence-electron chi connectivity index (χ0n) is 8.73. The summed E-state index contributed by atoms with van der Waals surface area (Å²) in [6, 6.07) is 1.43. The summed E-state index contributed by atoms with van der Waals surface area (Å²) in [6.07, 6.45) is 3.22. The average molecular weight is 272 g/mol. The molecule has 0 atom stereocenters. The summed E-state index contributed by atoms with van der Waals surface area (Å²) < 4.78 is 29.9. The Bertz CT molecular complexity index is 642. The van der Waals surface area contributed by atoms with Crippen LogP contribution in [0.4, 0.5) is 0 Å². The Morgan fingerprint density at radius 1 is 1.53 bits per heavy atom. The Hall–Kier alpha value is -1.67. The second kappa shape index (κ2) is 4.30. The summed E-state index contributed by atoms with van der Waals surface area (Å²) in [5.41, 5.74) is 0. The monoisotopic (exact) mass is 272 g/mol. The number of aryl methyl sites for hydroxylation is 1. The van der Waals surface area contributed by atoms with Gasteiger partial charge in [-0.25, -0.2) is 4.98 Å². The van der Waals surface area contributed by atoms with E-state index < -0.39 is 10.1 Å². The van der Waals surface area contributed by atoms with Crippen molar-refractivity contribution < 1.29 is 17.4 Å². The van der Waals surface area contributed by atoms with Gasteiger partial charge in [0.05, 0.1) is 6.33 Å². The van der Waals surface area contributed by atoms with Crippen molar-refractivity contribution in [2.24, 2.45) is 7.05 Å². The van der Waals surface area contributed by atoms with E-state index in [0.717, 1.165) is 11.3 Å². The molecule has 2 heterocycles. The lowest BCUT2D eigenvalue weighted by molar-refractivity contribution is 0.112. The summed E-state index contributed by atoms with van der Waals surface area (Å²) in [6.45, 7) is 0. The molecule has 0 amide bonds. The molecule has 0 radical (unpaired) electrons. The largest absolute Gasteiger partial charge is 0.376 e. The van der Waals surface area contributed by atoms with Gasteiger partial charge in [-0.05, 0) is 11.4 Å². The predicted molar refractivity (Wildman–Crippen MR) is 60.7 cm³/mol. The Balaban J connectivity index is 2.33. The third-order valence-electron chi connectivity index (χ3n) is 1.90. The molecule has 8 heteroatoms. The number of imidazole rings is 1. The minimum Gasteiger partial charge on any atom is -0.376 e. The van der Waals surface area contributed by atoms with E-state index in [0.29, 0.717) is 6.29 Å². The molecule has 0 spiro atoms. The molecule has 2 rings (SSSR count). The number of rotatable bonds is 4. The highest BCUT2D eigenvalue weighted by molar-refractivity contribution is 7.87. The third kappa shape index (κ3) is 2.37. The molecule has 90 valence electrons. The number of carbonyl (C=O) groups is 1. The highest BCUT2D eigenvalue weighted by Gasteiger charge is 2.21. The van der Waals surface area contributed by atoms with E-state index in [-0.39, 0.29) is 15.7 Å². The minimum atomic E-state index is -3.98. The van der Waals surface area contributed by atoms with Crippen LogP contribution in [0.5, 0.6) is 5.75 Å². The molecular weight excluding hydrogens is 264 g/mol. The van der Waals surface area contributed by atoms with Crippen molar-refractivity contribution in [1.82, 2.24) is 9.55 Å². The molecular formula is C9H8N2O4S2. The van der Waals surface area contributed by atoms with Crippen LogP contribution in [-0.2, 0) is 17.2 Å². The summed E-state index contributed by atoms with van der Waals surface area (Å²) in [5, 5.41) is 1.38. The summed E-state index contributed by atoms with van der Waals surface area (Å²) in [4.78, 5) is 14.5. The maximum atomic E-state index is 11.8. The molecule has 17 heavy (non-hydrogen) atoms. The lowest BCUT2D eigenvalue weighted by Crippen LogP contribution is -2.10. The van der Waals surface area contributed by atoms with Gasteiger partial charge in [0.1, 0.15) is 4.88 Å². The molecule has 0 aliphatic carbocycles. The summed E-state index contributed by atoms with van der Waals surface area (Å²) in [5.74, 6) is 0.0238. The Labute approximate surface area is 102 Å². The summed E-state index contributed by atoms with van der Waals surface area (Å²) in [7, 11) is -2.33. The van der Waals surface area contributed by atoms with E-state index in [2.05, 4.69) is 4.98 Å². The maximum Gasteiger partial charge on any atom is 0.358 e. The lowest BCUT2D eigenvalue weighted by atomic mass is 10.5. The van der Waals surface area contributed by atoms with Crippen LogP contribution in [0.3, 0.4) is 0 Å². The van der Waals surface area contributed by atoms with Crippen LogP contribution >= 0.6 is 11.3 Å². The van der Waals surface area contributed by atoms with Crippen molar-refractivity contribution in [2.45, 2.75) is 5.03 Å². The zero-order valence-corrected chi connectivity index (χ0v) is 10.4. The molecule has 0 saturated carbocycles. The highest BCUT2D eigenvalue weighted by Crippen LogP contribution is 2.25. The average Bonchev–Trinajstić information content (AvgIpc) is 2.86. The Morgan fingerprint density at radius 2 is 2.29 bits per heavy atom. The first kappa shape index (κ1) is 11.8. The van der Waals surface area contributed by atoms with Gasteiger partial charge in [-0.15, -0.1) is 11.3 Å². The first-order valence-corrected chi connectivity index (χ1v) is 6.77.